The smallest absolute Gasteiger partial charge is 0.146 e. The molecule has 0 bridgehead atoms. The molecule has 1 heterocycles. The molecule has 0 radical (unpaired) electrons. The highest BCUT2D eigenvalue weighted by Crippen LogP contribution is 2.31. The van der Waals surface area contributed by atoms with Crippen molar-refractivity contribution in [2.24, 2.45) is 11.7 Å². The summed E-state index contributed by atoms with van der Waals surface area (Å²) < 4.78 is 6.23. The minimum Gasteiger partial charge on any atom is -0.487 e. The molecule has 0 aliphatic heterocycles. The molecule has 3 unspecified atom stereocenters. The summed E-state index contributed by atoms with van der Waals surface area (Å²) >= 11 is 0. The zero-order valence-corrected chi connectivity index (χ0v) is 12.0. The third kappa shape index (κ3) is 2.63. The zero-order chi connectivity index (χ0) is 13.9. The van der Waals surface area contributed by atoms with E-state index in [1.54, 1.807) is 0 Å². The number of hydrogen-bond donors (Lipinski definition) is 1. The summed E-state index contributed by atoms with van der Waals surface area (Å²) in [7, 11) is 0. The third-order valence-electron chi connectivity index (χ3n) is 4.40. The van der Waals surface area contributed by atoms with Crippen LogP contribution in [0, 0.1) is 5.92 Å². The van der Waals surface area contributed by atoms with Crippen LogP contribution in [0.1, 0.15) is 32.6 Å². The number of fused-ring (bicyclic) bond motifs is 1. The molecule has 1 aromatic heterocycles. The van der Waals surface area contributed by atoms with Crippen LogP contribution in [0.3, 0.4) is 0 Å². The van der Waals surface area contributed by atoms with Crippen molar-refractivity contribution in [3.8, 4) is 5.75 Å². The van der Waals surface area contributed by atoms with E-state index in [0.29, 0.717) is 0 Å². The molecule has 1 fully saturated rings. The normalized spacial score (nSPS) is 26.6. The van der Waals surface area contributed by atoms with E-state index in [2.05, 4.69) is 24.0 Å². The van der Waals surface area contributed by atoms with Crippen molar-refractivity contribution < 1.29 is 4.74 Å². The first-order valence-electron chi connectivity index (χ1n) is 7.54. The van der Waals surface area contributed by atoms with E-state index in [0.717, 1.165) is 35.4 Å². The van der Waals surface area contributed by atoms with Crippen LogP contribution in [0.4, 0.5) is 0 Å². The van der Waals surface area contributed by atoms with Gasteiger partial charge in [0.1, 0.15) is 17.4 Å². The van der Waals surface area contributed by atoms with Crippen LogP contribution in [0.25, 0.3) is 10.9 Å². The lowest BCUT2D eigenvalue weighted by Gasteiger charge is -2.34. The Balaban J connectivity index is 1.85. The lowest BCUT2D eigenvalue weighted by Crippen LogP contribution is -2.43. The topological polar surface area (TPSA) is 48.1 Å². The fraction of sp³-hybridized carbons (Fsp3) is 0.471. The van der Waals surface area contributed by atoms with Gasteiger partial charge >= 0.3 is 0 Å². The van der Waals surface area contributed by atoms with Gasteiger partial charge in [0.25, 0.3) is 0 Å². The lowest BCUT2D eigenvalue weighted by atomic mass is 9.83. The maximum atomic E-state index is 6.24. The number of hydrogen-bond acceptors (Lipinski definition) is 3. The van der Waals surface area contributed by atoms with Gasteiger partial charge in [0.15, 0.2) is 0 Å². The number of ether oxygens (including phenoxy) is 1. The van der Waals surface area contributed by atoms with Gasteiger partial charge in [-0.1, -0.05) is 31.5 Å². The van der Waals surface area contributed by atoms with E-state index < -0.39 is 0 Å². The lowest BCUT2D eigenvalue weighted by molar-refractivity contribution is 0.102. The Hall–Kier alpha value is -1.61. The number of aromatic nitrogens is 1. The van der Waals surface area contributed by atoms with Crippen molar-refractivity contribution in [3.63, 3.8) is 0 Å². The molecule has 0 amide bonds. The maximum Gasteiger partial charge on any atom is 0.146 e. The Bertz CT molecular complexity index is 579. The monoisotopic (exact) mass is 270 g/mol. The molecule has 3 rings (SSSR count). The predicted octanol–water partition coefficient (Wildman–Crippen LogP) is 3.52. The Labute approximate surface area is 120 Å². The third-order valence-corrected chi connectivity index (χ3v) is 4.40. The molecule has 1 aliphatic rings. The first kappa shape index (κ1) is 13.4. The van der Waals surface area contributed by atoms with Crippen LogP contribution in [0.15, 0.2) is 36.5 Å². The summed E-state index contributed by atoms with van der Waals surface area (Å²) in [6.07, 6.45) is 6.47. The second-order valence-corrected chi connectivity index (χ2v) is 5.74. The standard InChI is InChI=1S/C17H22N2O/c1-2-12-8-9-14(18)16(11-12)20-15-7-3-5-13-6-4-10-19-17(13)15/h3-7,10,12,14,16H,2,8-9,11,18H2,1H3. The molecule has 20 heavy (non-hydrogen) atoms. The summed E-state index contributed by atoms with van der Waals surface area (Å²) in [4.78, 5) is 4.45. The quantitative estimate of drug-likeness (QED) is 0.928. The van der Waals surface area contributed by atoms with E-state index in [9.17, 15) is 0 Å². The Morgan fingerprint density at radius 3 is 2.95 bits per heavy atom. The Kier molecular flexibility index (Phi) is 3.88. The highest BCUT2D eigenvalue weighted by molar-refractivity contribution is 5.84. The van der Waals surface area contributed by atoms with Crippen LogP contribution in [-0.4, -0.2) is 17.1 Å². The largest absolute Gasteiger partial charge is 0.487 e. The highest BCUT2D eigenvalue weighted by atomic mass is 16.5. The van der Waals surface area contributed by atoms with E-state index in [-0.39, 0.29) is 12.1 Å². The van der Waals surface area contributed by atoms with Gasteiger partial charge < -0.3 is 10.5 Å². The molecule has 3 heteroatoms. The van der Waals surface area contributed by atoms with E-state index in [4.69, 9.17) is 10.5 Å². The number of benzene rings is 1. The average Bonchev–Trinajstić information content (AvgIpc) is 2.50. The van der Waals surface area contributed by atoms with Crippen molar-refractivity contribution in [2.75, 3.05) is 0 Å². The summed E-state index contributed by atoms with van der Waals surface area (Å²) in [6.45, 7) is 2.25. The summed E-state index contributed by atoms with van der Waals surface area (Å²) in [5, 5.41) is 1.11. The Morgan fingerprint density at radius 2 is 2.10 bits per heavy atom. The molecular formula is C17H22N2O. The number of rotatable bonds is 3. The van der Waals surface area contributed by atoms with Crippen LogP contribution in [0.5, 0.6) is 5.75 Å². The molecule has 2 aromatic rings. The van der Waals surface area contributed by atoms with Gasteiger partial charge in [0.05, 0.1) is 0 Å². The van der Waals surface area contributed by atoms with Crippen LogP contribution >= 0.6 is 0 Å². The molecule has 106 valence electrons. The molecule has 3 nitrogen and oxygen atoms in total. The van der Waals surface area contributed by atoms with Crippen LogP contribution < -0.4 is 10.5 Å². The van der Waals surface area contributed by atoms with Gasteiger partial charge in [-0.25, -0.2) is 0 Å². The fourth-order valence-corrected chi connectivity index (χ4v) is 3.08. The number of pyridine rings is 1. The molecule has 1 aliphatic carbocycles. The number of nitrogens with two attached hydrogens (primary N) is 1. The van der Waals surface area contributed by atoms with Gasteiger partial charge in [0.2, 0.25) is 0 Å². The molecular weight excluding hydrogens is 248 g/mol. The molecule has 2 N–H and O–H groups in total. The molecule has 1 aromatic carbocycles. The predicted molar refractivity (Wildman–Crippen MR) is 81.8 cm³/mol. The van der Waals surface area contributed by atoms with Crippen LogP contribution in [-0.2, 0) is 0 Å². The van der Waals surface area contributed by atoms with Crippen molar-refractivity contribution >= 4 is 10.9 Å². The van der Waals surface area contributed by atoms with Gasteiger partial charge in [-0.15, -0.1) is 0 Å². The number of para-hydroxylation sites is 1. The maximum absolute atomic E-state index is 6.24. The van der Waals surface area contributed by atoms with Crippen molar-refractivity contribution in [2.45, 2.75) is 44.8 Å². The summed E-state index contributed by atoms with van der Waals surface area (Å²) in [5.41, 5.74) is 7.17. The van der Waals surface area contributed by atoms with Crippen molar-refractivity contribution in [3.05, 3.63) is 36.5 Å². The van der Waals surface area contributed by atoms with Gasteiger partial charge in [0, 0.05) is 17.6 Å². The number of nitrogens with zero attached hydrogens (tertiary/aromatic N) is 1. The minimum absolute atomic E-state index is 0.112. The first-order valence-corrected chi connectivity index (χ1v) is 7.54. The van der Waals surface area contributed by atoms with Crippen molar-refractivity contribution in [1.82, 2.24) is 4.98 Å². The van der Waals surface area contributed by atoms with E-state index in [1.165, 1.54) is 12.8 Å². The highest BCUT2D eigenvalue weighted by Gasteiger charge is 2.29. The second kappa shape index (κ2) is 5.80. The Morgan fingerprint density at radius 1 is 1.25 bits per heavy atom. The van der Waals surface area contributed by atoms with Gasteiger partial charge in [-0.3, -0.25) is 4.98 Å². The van der Waals surface area contributed by atoms with Crippen LogP contribution in [0.2, 0.25) is 0 Å². The molecule has 3 atom stereocenters. The van der Waals surface area contributed by atoms with E-state index >= 15 is 0 Å². The molecule has 1 saturated carbocycles. The SMILES string of the molecule is CCC1CCC(N)C(Oc2cccc3cccnc23)C1. The average molecular weight is 270 g/mol. The summed E-state index contributed by atoms with van der Waals surface area (Å²) in [5.74, 6) is 1.60. The zero-order valence-electron chi connectivity index (χ0n) is 12.0. The fourth-order valence-electron chi connectivity index (χ4n) is 3.08. The molecule has 0 saturated heterocycles. The second-order valence-electron chi connectivity index (χ2n) is 5.74. The van der Waals surface area contributed by atoms with Crippen molar-refractivity contribution in [1.29, 1.82) is 0 Å². The first-order chi connectivity index (χ1) is 9.78. The van der Waals surface area contributed by atoms with E-state index in [1.807, 2.05) is 24.4 Å². The minimum atomic E-state index is 0.112. The van der Waals surface area contributed by atoms with Gasteiger partial charge in [-0.05, 0) is 37.3 Å². The molecule has 0 spiro atoms. The van der Waals surface area contributed by atoms with Gasteiger partial charge in [-0.2, -0.15) is 0 Å². The summed E-state index contributed by atoms with van der Waals surface area (Å²) in [6, 6.07) is 10.2.